The van der Waals surface area contributed by atoms with Crippen molar-refractivity contribution in [3.8, 4) is 5.75 Å². The molecule has 0 atom stereocenters. The average Bonchev–Trinajstić information content (AvgIpc) is 3.03. The van der Waals surface area contributed by atoms with E-state index in [4.69, 9.17) is 27.1 Å². The van der Waals surface area contributed by atoms with Crippen molar-refractivity contribution in [1.82, 2.24) is 0 Å². The van der Waals surface area contributed by atoms with Gasteiger partial charge in [0.2, 0.25) is 5.76 Å². The van der Waals surface area contributed by atoms with Gasteiger partial charge in [-0.15, -0.1) is 11.3 Å². The molecular formula is C14H11NO2S2. The first-order chi connectivity index (χ1) is 9.25. The van der Waals surface area contributed by atoms with Crippen LogP contribution in [0.25, 0.3) is 11.0 Å². The molecule has 0 aliphatic rings. The molecule has 0 unspecified atom stereocenters. The number of nitrogens with two attached hydrogens (primary N) is 1. The maximum absolute atomic E-state index is 5.85. The minimum absolute atomic E-state index is 0.206. The van der Waals surface area contributed by atoms with E-state index in [1.807, 2.05) is 41.8 Å². The molecule has 0 saturated heterocycles. The highest BCUT2D eigenvalue weighted by Gasteiger charge is 2.17. The fourth-order valence-electron chi connectivity index (χ4n) is 1.87. The van der Waals surface area contributed by atoms with Crippen LogP contribution in [0.5, 0.6) is 5.75 Å². The Morgan fingerprint density at radius 1 is 1.26 bits per heavy atom. The number of hydrogen-bond acceptors (Lipinski definition) is 4. The lowest BCUT2D eigenvalue weighted by atomic mass is 10.2. The zero-order valence-electron chi connectivity index (χ0n) is 9.96. The SMILES string of the molecule is NC(=S)c1oc2ccccc2c1OCc1cccs1. The Bertz CT molecular complexity index is 716. The molecule has 1 aromatic carbocycles. The summed E-state index contributed by atoms with van der Waals surface area (Å²) in [7, 11) is 0. The predicted molar refractivity (Wildman–Crippen MR) is 80.8 cm³/mol. The summed E-state index contributed by atoms with van der Waals surface area (Å²) in [6.07, 6.45) is 0. The van der Waals surface area contributed by atoms with Gasteiger partial charge >= 0.3 is 0 Å². The van der Waals surface area contributed by atoms with E-state index < -0.39 is 0 Å². The lowest BCUT2D eigenvalue weighted by Gasteiger charge is -2.04. The van der Waals surface area contributed by atoms with E-state index in [9.17, 15) is 0 Å². The monoisotopic (exact) mass is 289 g/mol. The predicted octanol–water partition coefficient (Wildman–Crippen LogP) is 3.71. The second kappa shape index (κ2) is 5.03. The first-order valence-corrected chi connectivity index (χ1v) is 7.01. The van der Waals surface area contributed by atoms with Crippen LogP contribution in [0.2, 0.25) is 0 Å². The van der Waals surface area contributed by atoms with Crippen LogP contribution in [-0.4, -0.2) is 4.99 Å². The lowest BCUT2D eigenvalue weighted by Crippen LogP contribution is -2.10. The number of thiophene rings is 1. The summed E-state index contributed by atoms with van der Waals surface area (Å²) in [5.74, 6) is 1.06. The molecule has 0 aliphatic heterocycles. The van der Waals surface area contributed by atoms with E-state index in [0.29, 0.717) is 18.1 Å². The third-order valence-electron chi connectivity index (χ3n) is 2.71. The molecule has 0 spiro atoms. The Balaban J connectivity index is 2.00. The molecule has 0 radical (unpaired) electrons. The van der Waals surface area contributed by atoms with Crippen molar-refractivity contribution < 1.29 is 9.15 Å². The maximum atomic E-state index is 5.85. The summed E-state index contributed by atoms with van der Waals surface area (Å²) in [5.41, 5.74) is 6.42. The minimum Gasteiger partial charge on any atom is -0.483 e. The summed E-state index contributed by atoms with van der Waals surface area (Å²) < 4.78 is 11.5. The highest BCUT2D eigenvalue weighted by atomic mass is 32.1. The highest BCUT2D eigenvalue weighted by Crippen LogP contribution is 2.33. The largest absolute Gasteiger partial charge is 0.483 e. The van der Waals surface area contributed by atoms with E-state index in [2.05, 4.69) is 0 Å². The minimum atomic E-state index is 0.206. The lowest BCUT2D eigenvalue weighted by molar-refractivity contribution is 0.308. The highest BCUT2D eigenvalue weighted by molar-refractivity contribution is 7.80. The van der Waals surface area contributed by atoms with Crippen LogP contribution < -0.4 is 10.5 Å². The zero-order valence-corrected chi connectivity index (χ0v) is 11.6. The third kappa shape index (κ3) is 2.34. The first kappa shape index (κ1) is 12.2. The standard InChI is InChI=1S/C14H11NO2S2/c15-14(18)13-12(16-8-9-4-3-7-19-9)10-5-1-2-6-11(10)17-13/h1-7H,8H2,(H2,15,18). The summed E-state index contributed by atoms with van der Waals surface area (Å²) in [4.78, 5) is 1.34. The normalized spacial score (nSPS) is 10.7. The zero-order chi connectivity index (χ0) is 13.2. The molecule has 3 nitrogen and oxygen atoms in total. The van der Waals surface area contributed by atoms with Crippen molar-refractivity contribution in [3.05, 3.63) is 52.4 Å². The second-order valence-corrected chi connectivity index (χ2v) is 5.46. The van der Waals surface area contributed by atoms with Gasteiger partial charge < -0.3 is 14.9 Å². The van der Waals surface area contributed by atoms with Crippen LogP contribution >= 0.6 is 23.6 Å². The van der Waals surface area contributed by atoms with E-state index in [1.54, 1.807) is 11.3 Å². The van der Waals surface area contributed by atoms with Crippen molar-refractivity contribution >= 4 is 39.5 Å². The Labute approximate surface area is 119 Å². The van der Waals surface area contributed by atoms with Gasteiger partial charge in [0.25, 0.3) is 0 Å². The fourth-order valence-corrected chi connectivity index (χ4v) is 2.62. The van der Waals surface area contributed by atoms with Crippen LogP contribution in [0, 0.1) is 0 Å². The Hall–Kier alpha value is -1.85. The molecule has 3 rings (SSSR count). The molecule has 2 heterocycles. The van der Waals surface area contributed by atoms with Gasteiger partial charge in [-0.3, -0.25) is 0 Å². The molecule has 2 aromatic heterocycles. The Morgan fingerprint density at radius 2 is 2.11 bits per heavy atom. The van der Waals surface area contributed by atoms with Crippen molar-refractivity contribution in [2.24, 2.45) is 5.73 Å². The van der Waals surface area contributed by atoms with Crippen LogP contribution in [0.4, 0.5) is 0 Å². The summed E-state index contributed by atoms with van der Waals surface area (Å²) in [6, 6.07) is 11.6. The molecule has 3 aromatic rings. The number of furan rings is 1. The molecule has 96 valence electrons. The number of thiocarbonyl (C=S) groups is 1. The number of fused-ring (bicyclic) bond motifs is 1. The average molecular weight is 289 g/mol. The van der Waals surface area contributed by atoms with Crippen molar-refractivity contribution in [3.63, 3.8) is 0 Å². The van der Waals surface area contributed by atoms with Gasteiger partial charge in [-0.25, -0.2) is 0 Å². The summed E-state index contributed by atoms with van der Waals surface area (Å²) >= 11 is 6.66. The van der Waals surface area contributed by atoms with Gasteiger partial charge in [0.05, 0.1) is 5.39 Å². The number of ether oxygens (including phenoxy) is 1. The fraction of sp³-hybridized carbons (Fsp3) is 0.0714. The summed E-state index contributed by atoms with van der Waals surface area (Å²) in [5, 5.41) is 2.91. The Kier molecular flexibility index (Phi) is 3.23. The van der Waals surface area contributed by atoms with Crippen LogP contribution in [0.1, 0.15) is 10.6 Å². The van der Waals surface area contributed by atoms with Gasteiger partial charge in [0.1, 0.15) is 17.2 Å². The molecule has 0 bridgehead atoms. The molecular weight excluding hydrogens is 278 g/mol. The first-order valence-electron chi connectivity index (χ1n) is 5.72. The van der Waals surface area contributed by atoms with Gasteiger partial charge in [0.15, 0.2) is 5.75 Å². The van der Waals surface area contributed by atoms with Crippen LogP contribution in [-0.2, 0) is 6.61 Å². The number of para-hydroxylation sites is 1. The van der Waals surface area contributed by atoms with Crippen molar-refractivity contribution in [2.75, 3.05) is 0 Å². The van der Waals surface area contributed by atoms with Gasteiger partial charge in [-0.1, -0.05) is 30.4 Å². The quantitative estimate of drug-likeness (QED) is 0.744. The van der Waals surface area contributed by atoms with Crippen LogP contribution in [0.3, 0.4) is 0 Å². The number of hydrogen-bond donors (Lipinski definition) is 1. The number of rotatable bonds is 4. The van der Waals surface area contributed by atoms with Gasteiger partial charge in [0, 0.05) is 4.88 Å². The summed E-state index contributed by atoms with van der Waals surface area (Å²) in [6.45, 7) is 0.483. The van der Waals surface area contributed by atoms with Crippen molar-refractivity contribution in [2.45, 2.75) is 6.61 Å². The smallest absolute Gasteiger partial charge is 0.204 e. The molecule has 19 heavy (non-hydrogen) atoms. The molecule has 0 aliphatic carbocycles. The van der Waals surface area contributed by atoms with E-state index >= 15 is 0 Å². The molecule has 0 fully saturated rings. The van der Waals surface area contributed by atoms with E-state index in [0.717, 1.165) is 15.8 Å². The molecule has 5 heteroatoms. The van der Waals surface area contributed by atoms with E-state index in [1.165, 1.54) is 0 Å². The van der Waals surface area contributed by atoms with Crippen molar-refractivity contribution in [1.29, 1.82) is 0 Å². The van der Waals surface area contributed by atoms with Gasteiger partial charge in [-0.05, 0) is 23.6 Å². The van der Waals surface area contributed by atoms with Gasteiger partial charge in [-0.2, -0.15) is 0 Å². The van der Waals surface area contributed by atoms with Crippen LogP contribution in [0.15, 0.2) is 46.2 Å². The maximum Gasteiger partial charge on any atom is 0.204 e. The number of benzene rings is 1. The molecule has 0 saturated carbocycles. The molecule has 2 N–H and O–H groups in total. The second-order valence-electron chi connectivity index (χ2n) is 3.99. The Morgan fingerprint density at radius 3 is 2.84 bits per heavy atom. The third-order valence-corrected chi connectivity index (χ3v) is 3.75. The molecule has 0 amide bonds. The topological polar surface area (TPSA) is 48.4 Å². The van der Waals surface area contributed by atoms with E-state index in [-0.39, 0.29) is 4.99 Å².